The Labute approximate surface area is 99.7 Å². The van der Waals surface area contributed by atoms with E-state index in [0.717, 1.165) is 0 Å². The van der Waals surface area contributed by atoms with Crippen LogP contribution in [0.5, 0.6) is 0 Å². The molecule has 0 spiro atoms. The first-order valence-corrected chi connectivity index (χ1v) is 5.20. The van der Waals surface area contributed by atoms with E-state index >= 15 is 0 Å². The zero-order chi connectivity index (χ0) is 12.7. The lowest BCUT2D eigenvalue weighted by Crippen LogP contribution is -2.26. The Bertz CT molecular complexity index is 460. The highest BCUT2D eigenvalue weighted by Crippen LogP contribution is 2.08. The van der Waals surface area contributed by atoms with E-state index in [9.17, 15) is 9.59 Å². The molecule has 0 atom stereocenters. The average molecular weight is 231 g/mol. The van der Waals surface area contributed by atoms with Gasteiger partial charge in [0.2, 0.25) is 0 Å². The molecule has 0 aromatic heterocycles. The Morgan fingerprint density at radius 1 is 1.29 bits per heavy atom. The topological polar surface area (TPSA) is 66.4 Å². The van der Waals surface area contributed by atoms with Gasteiger partial charge in [0.05, 0.1) is 11.1 Å². The largest absolute Gasteiger partial charge is 0.478 e. The summed E-state index contributed by atoms with van der Waals surface area (Å²) in [5.74, 6) is 0.965. The third-order valence-corrected chi connectivity index (χ3v) is 2.19. The molecule has 0 heterocycles. The minimum atomic E-state index is -1.11. The number of amides is 1. The minimum Gasteiger partial charge on any atom is -0.478 e. The molecular weight excluding hydrogens is 218 g/mol. The first-order valence-electron chi connectivity index (χ1n) is 5.20. The van der Waals surface area contributed by atoms with E-state index in [2.05, 4.69) is 11.2 Å². The molecule has 0 aliphatic carbocycles. The lowest BCUT2D eigenvalue weighted by molar-refractivity contribution is 0.0691. The summed E-state index contributed by atoms with van der Waals surface area (Å²) < 4.78 is 0. The second-order valence-electron chi connectivity index (χ2n) is 3.41. The van der Waals surface area contributed by atoms with Crippen molar-refractivity contribution in [1.29, 1.82) is 0 Å². The Morgan fingerprint density at radius 2 is 1.94 bits per heavy atom. The quantitative estimate of drug-likeness (QED) is 0.596. The van der Waals surface area contributed by atoms with Crippen LogP contribution >= 0.6 is 0 Å². The molecule has 1 aromatic carbocycles. The van der Waals surface area contributed by atoms with Crippen molar-refractivity contribution in [2.75, 3.05) is 6.54 Å². The molecule has 2 N–H and O–H groups in total. The number of terminal acetylenes is 1. The number of hydrogen-bond acceptors (Lipinski definition) is 2. The predicted octanol–water partition coefficient (Wildman–Crippen LogP) is 1.53. The molecule has 88 valence electrons. The Balaban J connectivity index is 2.69. The van der Waals surface area contributed by atoms with Crippen LogP contribution in [0.4, 0.5) is 0 Å². The lowest BCUT2D eigenvalue weighted by Gasteiger charge is -2.06. The van der Waals surface area contributed by atoms with Crippen LogP contribution in [0.2, 0.25) is 0 Å². The molecule has 4 heteroatoms. The summed E-state index contributed by atoms with van der Waals surface area (Å²) in [6.07, 6.45) is 6.34. The molecular formula is C13H13NO3. The molecule has 4 nitrogen and oxygen atoms in total. The number of carboxylic acid groups (broad SMARTS) is 1. The fourth-order valence-electron chi connectivity index (χ4n) is 1.36. The van der Waals surface area contributed by atoms with Gasteiger partial charge in [-0.05, 0) is 18.6 Å². The monoisotopic (exact) mass is 231 g/mol. The SMILES string of the molecule is C#CCCCNC(=O)c1ccccc1C(=O)O. The number of carboxylic acids is 1. The van der Waals surface area contributed by atoms with Crippen molar-refractivity contribution in [2.45, 2.75) is 12.8 Å². The zero-order valence-corrected chi connectivity index (χ0v) is 9.27. The number of carbonyl (C=O) groups is 2. The molecule has 0 radical (unpaired) electrons. The molecule has 1 rings (SSSR count). The molecule has 0 unspecified atom stereocenters. The Hall–Kier alpha value is -2.28. The van der Waals surface area contributed by atoms with Crippen LogP contribution in [0.3, 0.4) is 0 Å². The molecule has 0 fully saturated rings. The fourth-order valence-corrected chi connectivity index (χ4v) is 1.36. The van der Waals surface area contributed by atoms with Crippen molar-refractivity contribution < 1.29 is 14.7 Å². The standard InChI is InChI=1S/C13H13NO3/c1-2-3-6-9-14-12(15)10-7-4-5-8-11(10)13(16)17/h1,4-5,7-8H,3,6,9H2,(H,14,15)(H,16,17). The van der Waals surface area contributed by atoms with Crippen molar-refractivity contribution in [3.8, 4) is 12.3 Å². The fraction of sp³-hybridized carbons (Fsp3) is 0.231. The van der Waals surface area contributed by atoms with Gasteiger partial charge in [-0.25, -0.2) is 4.79 Å². The molecule has 0 saturated heterocycles. The molecule has 0 aliphatic rings. The van der Waals surface area contributed by atoms with Crippen LogP contribution in [-0.2, 0) is 0 Å². The van der Waals surface area contributed by atoms with Gasteiger partial charge in [0, 0.05) is 13.0 Å². The molecule has 17 heavy (non-hydrogen) atoms. The predicted molar refractivity (Wildman–Crippen MR) is 63.8 cm³/mol. The summed E-state index contributed by atoms with van der Waals surface area (Å²) >= 11 is 0. The summed E-state index contributed by atoms with van der Waals surface area (Å²) in [7, 11) is 0. The van der Waals surface area contributed by atoms with Crippen molar-refractivity contribution in [2.24, 2.45) is 0 Å². The number of aromatic carboxylic acids is 1. The highest BCUT2D eigenvalue weighted by atomic mass is 16.4. The van der Waals surface area contributed by atoms with Crippen LogP contribution in [-0.4, -0.2) is 23.5 Å². The van der Waals surface area contributed by atoms with Gasteiger partial charge in [0.25, 0.3) is 5.91 Å². The van der Waals surface area contributed by atoms with E-state index in [-0.39, 0.29) is 17.0 Å². The van der Waals surface area contributed by atoms with Crippen LogP contribution in [0.1, 0.15) is 33.6 Å². The van der Waals surface area contributed by atoms with Crippen LogP contribution < -0.4 is 5.32 Å². The molecule has 1 amide bonds. The maximum Gasteiger partial charge on any atom is 0.336 e. The van der Waals surface area contributed by atoms with Crippen LogP contribution in [0, 0.1) is 12.3 Å². The van der Waals surface area contributed by atoms with Gasteiger partial charge < -0.3 is 10.4 Å². The van der Waals surface area contributed by atoms with Gasteiger partial charge >= 0.3 is 5.97 Å². The number of nitrogens with one attached hydrogen (secondary N) is 1. The van der Waals surface area contributed by atoms with Crippen molar-refractivity contribution in [3.05, 3.63) is 35.4 Å². The summed E-state index contributed by atoms with van der Waals surface area (Å²) in [6.45, 7) is 0.441. The van der Waals surface area contributed by atoms with Gasteiger partial charge in [-0.2, -0.15) is 0 Å². The normalized spacial score (nSPS) is 9.35. The van der Waals surface area contributed by atoms with E-state index in [1.54, 1.807) is 12.1 Å². The average Bonchev–Trinajstić information content (AvgIpc) is 2.34. The second-order valence-corrected chi connectivity index (χ2v) is 3.41. The third kappa shape index (κ3) is 3.65. The summed E-state index contributed by atoms with van der Waals surface area (Å²) in [6, 6.07) is 6.10. The van der Waals surface area contributed by atoms with Crippen LogP contribution in [0.15, 0.2) is 24.3 Å². The summed E-state index contributed by atoms with van der Waals surface area (Å²) in [4.78, 5) is 22.6. The van der Waals surface area contributed by atoms with Crippen LogP contribution in [0.25, 0.3) is 0 Å². The van der Waals surface area contributed by atoms with E-state index in [1.165, 1.54) is 12.1 Å². The van der Waals surface area contributed by atoms with Crippen molar-refractivity contribution in [3.63, 3.8) is 0 Å². The maximum atomic E-state index is 11.7. The van der Waals surface area contributed by atoms with Gasteiger partial charge in [0.1, 0.15) is 0 Å². The highest BCUT2D eigenvalue weighted by Gasteiger charge is 2.14. The molecule has 1 aromatic rings. The van der Waals surface area contributed by atoms with Crippen molar-refractivity contribution >= 4 is 11.9 Å². The number of carbonyl (C=O) groups excluding carboxylic acids is 1. The smallest absolute Gasteiger partial charge is 0.336 e. The van der Waals surface area contributed by atoms with E-state index in [4.69, 9.17) is 11.5 Å². The minimum absolute atomic E-state index is 0.00181. The first-order chi connectivity index (χ1) is 8.16. The van der Waals surface area contributed by atoms with Gasteiger partial charge in [-0.15, -0.1) is 12.3 Å². The first kappa shape index (κ1) is 12.8. The molecule has 0 saturated carbocycles. The maximum absolute atomic E-state index is 11.7. The summed E-state index contributed by atoms with van der Waals surface area (Å²) in [5.41, 5.74) is 0.169. The Morgan fingerprint density at radius 3 is 2.53 bits per heavy atom. The van der Waals surface area contributed by atoms with Gasteiger partial charge in [0.15, 0.2) is 0 Å². The Kier molecular flexibility index (Phi) is 4.77. The van der Waals surface area contributed by atoms with E-state index < -0.39 is 5.97 Å². The summed E-state index contributed by atoms with van der Waals surface area (Å²) in [5, 5.41) is 11.5. The lowest BCUT2D eigenvalue weighted by atomic mass is 10.1. The molecule has 0 bridgehead atoms. The number of rotatable bonds is 5. The van der Waals surface area contributed by atoms with Gasteiger partial charge in [-0.1, -0.05) is 12.1 Å². The van der Waals surface area contributed by atoms with E-state index in [0.29, 0.717) is 19.4 Å². The highest BCUT2D eigenvalue weighted by molar-refractivity contribution is 6.04. The third-order valence-electron chi connectivity index (χ3n) is 2.19. The number of unbranched alkanes of at least 4 members (excludes halogenated alkanes) is 1. The zero-order valence-electron chi connectivity index (χ0n) is 9.27. The second kappa shape index (κ2) is 6.33. The number of hydrogen-bond donors (Lipinski definition) is 2. The molecule has 0 aliphatic heterocycles. The van der Waals surface area contributed by atoms with E-state index in [1.807, 2.05) is 0 Å². The van der Waals surface area contributed by atoms with Gasteiger partial charge in [-0.3, -0.25) is 4.79 Å². The number of benzene rings is 1. The van der Waals surface area contributed by atoms with Crippen molar-refractivity contribution in [1.82, 2.24) is 5.32 Å².